The number of nitrogens with zero attached hydrogens (tertiary/aromatic N) is 1. The van der Waals surface area contributed by atoms with Crippen LogP contribution >= 0.6 is 0 Å². The number of hydrogen-bond acceptors (Lipinski definition) is 3. The van der Waals surface area contributed by atoms with Gasteiger partial charge in [-0.1, -0.05) is 13.3 Å². The molecule has 2 aliphatic rings. The van der Waals surface area contributed by atoms with Crippen molar-refractivity contribution in [3.05, 3.63) is 0 Å². The van der Waals surface area contributed by atoms with Crippen molar-refractivity contribution in [3.63, 3.8) is 0 Å². The first-order valence-corrected chi connectivity index (χ1v) is 8.02. The molecule has 114 valence electrons. The minimum atomic E-state index is 0.00854. The lowest BCUT2D eigenvalue weighted by molar-refractivity contribution is -0.137. The van der Waals surface area contributed by atoms with E-state index in [0.29, 0.717) is 0 Å². The van der Waals surface area contributed by atoms with E-state index in [0.717, 1.165) is 58.3 Å². The second kappa shape index (κ2) is 7.62. The molecule has 0 spiro atoms. The van der Waals surface area contributed by atoms with Gasteiger partial charge in [-0.25, -0.2) is 0 Å². The van der Waals surface area contributed by atoms with Gasteiger partial charge in [0.1, 0.15) is 0 Å². The minimum absolute atomic E-state index is 0.00854. The third-order valence-electron chi connectivity index (χ3n) is 4.34. The molecule has 0 saturated carbocycles. The largest absolute Gasteiger partial charge is 0.356 e. The van der Waals surface area contributed by atoms with Crippen LogP contribution in [0.15, 0.2) is 0 Å². The molecular formula is C15H27N3O2. The van der Waals surface area contributed by atoms with E-state index in [-0.39, 0.29) is 23.8 Å². The molecule has 0 aromatic heterocycles. The number of carbonyl (C=O) groups is 2. The minimum Gasteiger partial charge on any atom is -0.356 e. The Morgan fingerprint density at radius 1 is 1.20 bits per heavy atom. The number of piperidine rings is 2. The molecule has 0 aliphatic carbocycles. The van der Waals surface area contributed by atoms with Crippen LogP contribution in [0.4, 0.5) is 0 Å². The molecule has 2 saturated heterocycles. The zero-order valence-electron chi connectivity index (χ0n) is 12.5. The van der Waals surface area contributed by atoms with E-state index in [4.69, 9.17) is 0 Å². The van der Waals surface area contributed by atoms with Crippen LogP contribution in [0, 0.1) is 5.92 Å². The molecule has 2 amide bonds. The zero-order valence-corrected chi connectivity index (χ0v) is 12.5. The normalized spacial score (nSPS) is 24.4. The van der Waals surface area contributed by atoms with E-state index in [1.165, 1.54) is 6.42 Å². The molecule has 1 unspecified atom stereocenters. The molecule has 5 nitrogen and oxygen atoms in total. The monoisotopic (exact) mass is 281 g/mol. The van der Waals surface area contributed by atoms with Crippen molar-refractivity contribution < 1.29 is 9.59 Å². The zero-order chi connectivity index (χ0) is 14.4. The fraction of sp³-hybridized carbons (Fsp3) is 0.867. The van der Waals surface area contributed by atoms with Gasteiger partial charge in [0.05, 0.1) is 6.04 Å². The molecule has 0 aromatic carbocycles. The average molecular weight is 281 g/mol. The van der Waals surface area contributed by atoms with Crippen molar-refractivity contribution in [3.8, 4) is 0 Å². The average Bonchev–Trinajstić information content (AvgIpc) is 2.53. The summed E-state index contributed by atoms with van der Waals surface area (Å²) in [5.74, 6) is 0.483. The van der Waals surface area contributed by atoms with Crippen molar-refractivity contribution >= 4 is 11.8 Å². The quantitative estimate of drug-likeness (QED) is 0.804. The van der Waals surface area contributed by atoms with Crippen LogP contribution in [0.1, 0.15) is 45.4 Å². The van der Waals surface area contributed by atoms with Crippen molar-refractivity contribution in [1.82, 2.24) is 15.5 Å². The van der Waals surface area contributed by atoms with Crippen LogP contribution in [-0.2, 0) is 9.59 Å². The van der Waals surface area contributed by atoms with E-state index in [1.54, 1.807) is 0 Å². The number of rotatable bonds is 4. The molecule has 2 fully saturated rings. The topological polar surface area (TPSA) is 61.4 Å². The van der Waals surface area contributed by atoms with Gasteiger partial charge >= 0.3 is 0 Å². The summed E-state index contributed by atoms with van der Waals surface area (Å²) in [5.41, 5.74) is 0. The van der Waals surface area contributed by atoms with E-state index in [1.807, 2.05) is 4.90 Å². The maximum absolute atomic E-state index is 12.4. The summed E-state index contributed by atoms with van der Waals surface area (Å²) in [6.07, 6.45) is 5.83. The van der Waals surface area contributed by atoms with Gasteiger partial charge in [-0.15, -0.1) is 0 Å². The van der Waals surface area contributed by atoms with Crippen LogP contribution < -0.4 is 10.6 Å². The molecule has 2 rings (SSSR count). The molecular weight excluding hydrogens is 254 g/mol. The lowest BCUT2D eigenvalue weighted by Gasteiger charge is -2.35. The van der Waals surface area contributed by atoms with Gasteiger partial charge in [0.15, 0.2) is 0 Å². The number of hydrogen-bond donors (Lipinski definition) is 2. The molecule has 0 radical (unpaired) electrons. The van der Waals surface area contributed by atoms with Crippen LogP contribution in [0.2, 0.25) is 0 Å². The SMILES string of the molecule is CCCNC(=O)C1CCN(C(=O)C2CCCCN2)CC1. The van der Waals surface area contributed by atoms with E-state index in [2.05, 4.69) is 17.6 Å². The van der Waals surface area contributed by atoms with Crippen LogP contribution in [0.25, 0.3) is 0 Å². The van der Waals surface area contributed by atoms with Crippen molar-refractivity contribution in [2.45, 2.75) is 51.5 Å². The van der Waals surface area contributed by atoms with Crippen LogP contribution in [-0.4, -0.2) is 48.9 Å². The van der Waals surface area contributed by atoms with E-state index in [9.17, 15) is 9.59 Å². The molecule has 0 aromatic rings. The Balaban J connectivity index is 1.75. The predicted octanol–water partition coefficient (Wildman–Crippen LogP) is 0.893. The van der Waals surface area contributed by atoms with Crippen LogP contribution in [0.5, 0.6) is 0 Å². The molecule has 20 heavy (non-hydrogen) atoms. The summed E-state index contributed by atoms with van der Waals surface area (Å²) in [7, 11) is 0. The lowest BCUT2D eigenvalue weighted by Crippen LogP contribution is -2.51. The fourth-order valence-corrected chi connectivity index (χ4v) is 3.04. The number of carbonyl (C=O) groups excluding carboxylic acids is 2. The Hall–Kier alpha value is -1.10. The molecule has 1 atom stereocenters. The highest BCUT2D eigenvalue weighted by Gasteiger charge is 2.30. The smallest absolute Gasteiger partial charge is 0.239 e. The van der Waals surface area contributed by atoms with Crippen LogP contribution in [0.3, 0.4) is 0 Å². The second-order valence-electron chi connectivity index (χ2n) is 5.89. The van der Waals surface area contributed by atoms with E-state index >= 15 is 0 Å². The maximum atomic E-state index is 12.4. The van der Waals surface area contributed by atoms with Crippen molar-refractivity contribution in [2.24, 2.45) is 5.92 Å². The van der Waals surface area contributed by atoms with Gasteiger partial charge in [-0.3, -0.25) is 9.59 Å². The first kappa shape index (κ1) is 15.3. The summed E-state index contributed by atoms with van der Waals surface area (Å²) in [6.45, 7) is 5.21. The van der Waals surface area contributed by atoms with Gasteiger partial charge in [-0.05, 0) is 38.6 Å². The maximum Gasteiger partial charge on any atom is 0.239 e. The third-order valence-corrected chi connectivity index (χ3v) is 4.34. The summed E-state index contributed by atoms with van der Waals surface area (Å²) in [5, 5.41) is 6.26. The summed E-state index contributed by atoms with van der Waals surface area (Å²) < 4.78 is 0. The third kappa shape index (κ3) is 3.95. The van der Waals surface area contributed by atoms with Gasteiger partial charge in [0.25, 0.3) is 0 Å². The Morgan fingerprint density at radius 3 is 2.55 bits per heavy atom. The molecule has 2 aliphatic heterocycles. The number of nitrogens with one attached hydrogen (secondary N) is 2. The molecule has 2 N–H and O–H groups in total. The standard InChI is InChI=1S/C15H27N3O2/c1-2-8-17-14(19)12-6-10-18(11-7-12)15(20)13-5-3-4-9-16-13/h12-13,16H,2-11H2,1H3,(H,17,19). The van der Waals surface area contributed by atoms with Crippen molar-refractivity contribution in [1.29, 1.82) is 0 Å². The Kier molecular flexibility index (Phi) is 5.83. The summed E-state index contributed by atoms with van der Waals surface area (Å²) >= 11 is 0. The highest BCUT2D eigenvalue weighted by atomic mass is 16.2. The van der Waals surface area contributed by atoms with Gasteiger partial charge in [-0.2, -0.15) is 0 Å². The number of amides is 2. The van der Waals surface area contributed by atoms with E-state index < -0.39 is 0 Å². The van der Waals surface area contributed by atoms with Gasteiger partial charge < -0.3 is 15.5 Å². The lowest BCUT2D eigenvalue weighted by atomic mass is 9.94. The molecule has 2 heterocycles. The highest BCUT2D eigenvalue weighted by Crippen LogP contribution is 2.19. The molecule has 5 heteroatoms. The first-order chi connectivity index (χ1) is 9.72. The first-order valence-electron chi connectivity index (χ1n) is 8.02. The Bertz CT molecular complexity index is 332. The van der Waals surface area contributed by atoms with Gasteiger partial charge in [0.2, 0.25) is 11.8 Å². The Labute approximate surface area is 121 Å². The predicted molar refractivity (Wildman–Crippen MR) is 78.2 cm³/mol. The number of likely N-dealkylation sites (tertiary alicyclic amines) is 1. The van der Waals surface area contributed by atoms with Crippen molar-refractivity contribution in [2.75, 3.05) is 26.2 Å². The summed E-state index contributed by atoms with van der Waals surface area (Å²) in [4.78, 5) is 26.2. The highest BCUT2D eigenvalue weighted by molar-refractivity contribution is 5.83. The van der Waals surface area contributed by atoms with Gasteiger partial charge in [0, 0.05) is 25.6 Å². The molecule has 0 bridgehead atoms. The fourth-order valence-electron chi connectivity index (χ4n) is 3.04. The summed E-state index contributed by atoms with van der Waals surface area (Å²) in [6, 6.07) is 0.00854. The second-order valence-corrected chi connectivity index (χ2v) is 5.89. The Morgan fingerprint density at radius 2 is 1.95 bits per heavy atom.